The van der Waals surface area contributed by atoms with Crippen LogP contribution >= 0.6 is 0 Å². The van der Waals surface area contributed by atoms with E-state index in [2.05, 4.69) is 9.71 Å². The highest BCUT2D eigenvalue weighted by molar-refractivity contribution is 7.89. The average Bonchev–Trinajstić information content (AvgIpc) is 2.84. The molecule has 2 unspecified atom stereocenters. The summed E-state index contributed by atoms with van der Waals surface area (Å²) in [5, 5.41) is 9.20. The van der Waals surface area contributed by atoms with Gasteiger partial charge in [-0.1, -0.05) is 12.5 Å². The molecule has 5 nitrogen and oxygen atoms in total. The van der Waals surface area contributed by atoms with Crippen molar-refractivity contribution in [2.75, 3.05) is 12.4 Å². The van der Waals surface area contributed by atoms with Crippen LogP contribution < -0.4 is 4.72 Å². The number of aromatic nitrogens is 1. The van der Waals surface area contributed by atoms with E-state index in [0.29, 0.717) is 6.42 Å². The minimum Gasteiger partial charge on any atom is -0.396 e. The molecule has 1 aliphatic carbocycles. The average molecular weight is 284 g/mol. The van der Waals surface area contributed by atoms with Crippen molar-refractivity contribution < 1.29 is 13.5 Å². The molecule has 2 rings (SSSR count). The molecule has 1 aromatic rings. The number of pyridine rings is 1. The van der Waals surface area contributed by atoms with E-state index in [-0.39, 0.29) is 24.3 Å². The van der Waals surface area contributed by atoms with E-state index in [1.165, 1.54) is 0 Å². The molecule has 1 aliphatic rings. The van der Waals surface area contributed by atoms with Crippen LogP contribution in [-0.4, -0.2) is 36.9 Å². The van der Waals surface area contributed by atoms with Gasteiger partial charge in [0, 0.05) is 31.0 Å². The molecule has 1 heterocycles. The van der Waals surface area contributed by atoms with Crippen LogP contribution in [0.25, 0.3) is 0 Å². The Labute approximate surface area is 114 Å². The first-order valence-electron chi connectivity index (χ1n) is 6.61. The van der Waals surface area contributed by atoms with Gasteiger partial charge >= 0.3 is 0 Å². The molecule has 0 amide bonds. The Morgan fingerprint density at radius 2 is 2.21 bits per heavy atom. The minimum absolute atomic E-state index is 0.0403. The van der Waals surface area contributed by atoms with E-state index in [1.54, 1.807) is 12.3 Å². The Hall–Kier alpha value is -0.980. The summed E-state index contributed by atoms with van der Waals surface area (Å²) in [6, 6.07) is 5.36. The highest BCUT2D eigenvalue weighted by atomic mass is 32.2. The lowest BCUT2D eigenvalue weighted by Gasteiger charge is -2.18. The van der Waals surface area contributed by atoms with Gasteiger partial charge in [-0.2, -0.15) is 0 Å². The van der Waals surface area contributed by atoms with Crippen LogP contribution in [0.4, 0.5) is 0 Å². The molecule has 0 aromatic carbocycles. The van der Waals surface area contributed by atoms with E-state index in [9.17, 15) is 13.5 Å². The molecule has 2 atom stereocenters. The van der Waals surface area contributed by atoms with Gasteiger partial charge in [-0.05, 0) is 30.9 Å². The lowest BCUT2D eigenvalue weighted by atomic mass is 10.1. The number of hydrogen-bond acceptors (Lipinski definition) is 4. The fourth-order valence-corrected chi connectivity index (χ4v) is 3.85. The number of hydrogen-bond donors (Lipinski definition) is 2. The van der Waals surface area contributed by atoms with Crippen molar-refractivity contribution in [3.63, 3.8) is 0 Å². The monoisotopic (exact) mass is 284 g/mol. The molecule has 2 N–H and O–H groups in total. The van der Waals surface area contributed by atoms with E-state index < -0.39 is 10.0 Å². The highest BCUT2D eigenvalue weighted by Gasteiger charge is 2.29. The maximum absolute atomic E-state index is 12.0. The Bertz CT molecular complexity index is 490. The van der Waals surface area contributed by atoms with E-state index in [4.69, 9.17) is 0 Å². The zero-order valence-corrected chi connectivity index (χ0v) is 11.6. The zero-order chi connectivity index (χ0) is 13.7. The van der Waals surface area contributed by atoms with Crippen molar-refractivity contribution in [1.82, 2.24) is 9.71 Å². The maximum atomic E-state index is 12.0. The fourth-order valence-electron chi connectivity index (χ4n) is 2.49. The first-order chi connectivity index (χ1) is 9.11. The summed E-state index contributed by atoms with van der Waals surface area (Å²) >= 11 is 0. The van der Waals surface area contributed by atoms with Crippen molar-refractivity contribution in [1.29, 1.82) is 0 Å². The Morgan fingerprint density at radius 1 is 1.37 bits per heavy atom. The maximum Gasteiger partial charge on any atom is 0.212 e. The van der Waals surface area contributed by atoms with Gasteiger partial charge in [-0.25, -0.2) is 13.1 Å². The summed E-state index contributed by atoms with van der Waals surface area (Å²) < 4.78 is 26.7. The van der Waals surface area contributed by atoms with Crippen LogP contribution in [0.5, 0.6) is 0 Å². The lowest BCUT2D eigenvalue weighted by Crippen LogP contribution is -2.40. The first-order valence-corrected chi connectivity index (χ1v) is 8.27. The zero-order valence-electron chi connectivity index (χ0n) is 10.8. The summed E-state index contributed by atoms with van der Waals surface area (Å²) in [7, 11) is -3.31. The predicted octanol–water partition coefficient (Wildman–Crippen LogP) is 0.704. The number of rotatable bonds is 6. The Balaban J connectivity index is 1.88. The molecule has 0 radical (unpaired) electrons. The van der Waals surface area contributed by atoms with Crippen LogP contribution in [-0.2, 0) is 16.4 Å². The number of aliphatic hydroxyl groups excluding tert-OH is 1. The molecule has 0 aliphatic heterocycles. The molecule has 0 bridgehead atoms. The summed E-state index contributed by atoms with van der Waals surface area (Å²) in [6.45, 7) is 0.0490. The second-order valence-electron chi connectivity index (χ2n) is 4.99. The molecular formula is C13H20N2O3S. The SMILES string of the molecule is O=S(=O)(CCc1ccccn1)NC1CCCC1CO. The van der Waals surface area contributed by atoms with Crippen molar-refractivity contribution in [3.8, 4) is 0 Å². The number of aliphatic hydroxyl groups is 1. The summed E-state index contributed by atoms with van der Waals surface area (Å²) in [6.07, 6.45) is 4.75. The topological polar surface area (TPSA) is 79.3 Å². The van der Waals surface area contributed by atoms with Gasteiger partial charge in [0.15, 0.2) is 0 Å². The normalized spacial score (nSPS) is 23.6. The van der Waals surface area contributed by atoms with E-state index >= 15 is 0 Å². The third-order valence-electron chi connectivity index (χ3n) is 3.58. The predicted molar refractivity (Wildman–Crippen MR) is 73.1 cm³/mol. The molecule has 1 saturated carbocycles. The summed E-state index contributed by atoms with van der Waals surface area (Å²) in [5.74, 6) is 0.100. The second kappa shape index (κ2) is 6.45. The quantitative estimate of drug-likeness (QED) is 0.806. The van der Waals surface area contributed by atoms with Crippen LogP contribution in [0.1, 0.15) is 25.0 Å². The molecule has 19 heavy (non-hydrogen) atoms. The molecule has 1 aromatic heterocycles. The molecule has 0 saturated heterocycles. The van der Waals surface area contributed by atoms with Crippen LogP contribution in [0.3, 0.4) is 0 Å². The first kappa shape index (κ1) is 14.4. The largest absolute Gasteiger partial charge is 0.396 e. The Morgan fingerprint density at radius 3 is 2.89 bits per heavy atom. The fraction of sp³-hybridized carbons (Fsp3) is 0.615. The standard InChI is InChI=1S/C13H20N2O3S/c16-10-11-4-3-6-13(11)15-19(17,18)9-7-12-5-1-2-8-14-12/h1-2,5,8,11,13,15-16H,3-4,6-7,9-10H2. The van der Waals surface area contributed by atoms with Crippen molar-refractivity contribution in [2.24, 2.45) is 5.92 Å². The van der Waals surface area contributed by atoms with Crippen LogP contribution in [0, 0.1) is 5.92 Å². The third kappa shape index (κ3) is 4.26. The van der Waals surface area contributed by atoms with Gasteiger partial charge in [0.05, 0.1) is 5.75 Å². The second-order valence-corrected chi connectivity index (χ2v) is 6.86. The van der Waals surface area contributed by atoms with Crippen LogP contribution in [0.15, 0.2) is 24.4 Å². The smallest absolute Gasteiger partial charge is 0.212 e. The molecular weight excluding hydrogens is 264 g/mol. The molecule has 0 spiro atoms. The minimum atomic E-state index is -3.31. The van der Waals surface area contributed by atoms with E-state index in [0.717, 1.165) is 25.0 Å². The van der Waals surface area contributed by atoms with Crippen molar-refractivity contribution in [2.45, 2.75) is 31.7 Å². The summed E-state index contributed by atoms with van der Waals surface area (Å²) in [5.41, 5.74) is 0.776. The van der Waals surface area contributed by atoms with E-state index in [1.807, 2.05) is 12.1 Å². The number of nitrogens with one attached hydrogen (secondary N) is 1. The number of aryl methyl sites for hydroxylation is 1. The van der Waals surface area contributed by atoms with Gasteiger partial charge in [0.25, 0.3) is 0 Å². The highest BCUT2D eigenvalue weighted by Crippen LogP contribution is 2.25. The molecule has 106 valence electrons. The number of nitrogens with zero attached hydrogens (tertiary/aromatic N) is 1. The van der Waals surface area contributed by atoms with Gasteiger partial charge in [0.2, 0.25) is 10.0 Å². The summed E-state index contributed by atoms with van der Waals surface area (Å²) in [4.78, 5) is 4.11. The molecule has 1 fully saturated rings. The van der Waals surface area contributed by atoms with Crippen LogP contribution in [0.2, 0.25) is 0 Å². The van der Waals surface area contributed by atoms with Crippen molar-refractivity contribution >= 4 is 10.0 Å². The number of sulfonamides is 1. The van der Waals surface area contributed by atoms with Gasteiger partial charge < -0.3 is 5.11 Å². The van der Waals surface area contributed by atoms with Gasteiger partial charge in [0.1, 0.15) is 0 Å². The third-order valence-corrected chi connectivity index (χ3v) is 4.98. The Kier molecular flexibility index (Phi) is 4.90. The lowest BCUT2D eigenvalue weighted by molar-refractivity contribution is 0.213. The van der Waals surface area contributed by atoms with Gasteiger partial charge in [-0.15, -0.1) is 0 Å². The van der Waals surface area contributed by atoms with Gasteiger partial charge in [-0.3, -0.25) is 4.98 Å². The van der Waals surface area contributed by atoms with Crippen molar-refractivity contribution in [3.05, 3.63) is 30.1 Å². The molecule has 6 heteroatoms.